The van der Waals surface area contributed by atoms with E-state index in [-0.39, 0.29) is 12.6 Å². The average molecular weight is 382 g/mol. The molecule has 146 valence electrons. The number of nitrogens with one attached hydrogen (secondary N) is 1. The number of amides is 1. The van der Waals surface area contributed by atoms with Crippen LogP contribution in [0.25, 0.3) is 17.0 Å². The van der Waals surface area contributed by atoms with E-state index in [0.29, 0.717) is 19.1 Å². The molecule has 8 heteroatoms. The van der Waals surface area contributed by atoms with Crippen LogP contribution in [0.15, 0.2) is 36.7 Å². The van der Waals surface area contributed by atoms with Gasteiger partial charge in [-0.25, -0.2) is 19.2 Å². The summed E-state index contributed by atoms with van der Waals surface area (Å²) in [4.78, 5) is 19.6. The highest BCUT2D eigenvalue weighted by molar-refractivity contribution is 5.65. The summed E-state index contributed by atoms with van der Waals surface area (Å²) in [5.41, 5.74) is 3.58. The molecule has 0 unspecified atom stereocenters. The lowest BCUT2D eigenvalue weighted by Crippen LogP contribution is -2.26. The second-order valence-corrected chi connectivity index (χ2v) is 6.79. The molecule has 8 nitrogen and oxygen atoms in total. The van der Waals surface area contributed by atoms with Crippen LogP contribution in [0.4, 0.5) is 4.79 Å². The summed E-state index contributed by atoms with van der Waals surface area (Å²) in [6.07, 6.45) is 2.34. The number of hydrogen-bond donors (Lipinski definition) is 2. The van der Waals surface area contributed by atoms with Gasteiger partial charge in [0.1, 0.15) is 23.9 Å². The lowest BCUT2D eigenvalue weighted by molar-refractivity contribution is 0.0234. The molecule has 0 radical (unpaired) electrons. The second kappa shape index (κ2) is 7.85. The molecule has 1 saturated heterocycles. The van der Waals surface area contributed by atoms with Gasteiger partial charge in [-0.2, -0.15) is 0 Å². The lowest BCUT2D eigenvalue weighted by Gasteiger charge is -2.23. The standard InChI is InChI=1S/C20H22N4O4/c1-13-10-14(2-3-15(13)11-21-20(25)26)19-23-12-22-17-4-5-18(24(17)19)28-16-6-8-27-9-7-16/h2-5,10,12,16,21H,6-9,11H2,1H3,(H,25,26). The van der Waals surface area contributed by atoms with Gasteiger partial charge in [-0.15, -0.1) is 0 Å². The first-order valence-corrected chi connectivity index (χ1v) is 9.25. The third-order valence-corrected chi connectivity index (χ3v) is 4.89. The summed E-state index contributed by atoms with van der Waals surface area (Å²) >= 11 is 0. The Balaban J connectivity index is 1.67. The van der Waals surface area contributed by atoms with Crippen molar-refractivity contribution in [2.24, 2.45) is 0 Å². The molecule has 2 N–H and O–H groups in total. The monoisotopic (exact) mass is 382 g/mol. The van der Waals surface area contributed by atoms with Crippen LogP contribution in [0.2, 0.25) is 0 Å². The Hall–Kier alpha value is -3.13. The predicted molar refractivity (Wildman–Crippen MR) is 102 cm³/mol. The molecule has 0 saturated carbocycles. The fraction of sp³-hybridized carbons (Fsp3) is 0.350. The second-order valence-electron chi connectivity index (χ2n) is 6.79. The Morgan fingerprint density at radius 2 is 2.11 bits per heavy atom. The van der Waals surface area contributed by atoms with Crippen LogP contribution in [0.1, 0.15) is 24.0 Å². The lowest BCUT2D eigenvalue weighted by atomic mass is 10.0. The molecular weight excluding hydrogens is 360 g/mol. The Morgan fingerprint density at radius 3 is 2.86 bits per heavy atom. The minimum Gasteiger partial charge on any atom is -0.475 e. The molecule has 0 bridgehead atoms. The number of nitrogens with zero attached hydrogens (tertiary/aromatic N) is 3. The maximum atomic E-state index is 10.7. The Labute approximate surface area is 162 Å². The van der Waals surface area contributed by atoms with Gasteiger partial charge in [0, 0.05) is 31.0 Å². The number of benzene rings is 1. The van der Waals surface area contributed by atoms with E-state index in [9.17, 15) is 4.79 Å². The first kappa shape index (κ1) is 18.2. The molecule has 1 aliphatic heterocycles. The number of aryl methyl sites for hydroxylation is 1. The number of hydrogen-bond acceptors (Lipinski definition) is 5. The Morgan fingerprint density at radius 1 is 1.29 bits per heavy atom. The van der Waals surface area contributed by atoms with Gasteiger partial charge >= 0.3 is 6.09 Å². The van der Waals surface area contributed by atoms with E-state index >= 15 is 0 Å². The molecule has 2 aromatic heterocycles. The third-order valence-electron chi connectivity index (χ3n) is 4.89. The van der Waals surface area contributed by atoms with E-state index in [2.05, 4.69) is 15.3 Å². The molecule has 0 aliphatic carbocycles. The molecule has 28 heavy (non-hydrogen) atoms. The highest BCUT2D eigenvalue weighted by Gasteiger charge is 2.19. The van der Waals surface area contributed by atoms with Crippen LogP contribution in [0.3, 0.4) is 0 Å². The number of fused-ring (bicyclic) bond motifs is 1. The van der Waals surface area contributed by atoms with Crippen molar-refractivity contribution in [2.45, 2.75) is 32.4 Å². The number of rotatable bonds is 5. The summed E-state index contributed by atoms with van der Waals surface area (Å²) in [6.45, 7) is 3.64. The summed E-state index contributed by atoms with van der Waals surface area (Å²) in [7, 11) is 0. The Kier molecular flexibility index (Phi) is 5.12. The van der Waals surface area contributed by atoms with E-state index in [1.54, 1.807) is 0 Å². The quantitative estimate of drug-likeness (QED) is 0.704. The van der Waals surface area contributed by atoms with Crippen molar-refractivity contribution >= 4 is 11.7 Å². The third kappa shape index (κ3) is 3.77. The molecule has 1 amide bonds. The van der Waals surface area contributed by atoms with Crippen molar-refractivity contribution < 1.29 is 19.4 Å². The number of carbonyl (C=O) groups is 1. The predicted octanol–water partition coefficient (Wildman–Crippen LogP) is 3.03. The number of ether oxygens (including phenoxy) is 2. The van der Waals surface area contributed by atoms with E-state index in [4.69, 9.17) is 14.6 Å². The maximum absolute atomic E-state index is 10.7. The van der Waals surface area contributed by atoms with Crippen molar-refractivity contribution in [3.63, 3.8) is 0 Å². The van der Waals surface area contributed by atoms with Crippen LogP contribution in [0, 0.1) is 6.92 Å². The summed E-state index contributed by atoms with van der Waals surface area (Å²) in [6, 6.07) is 9.68. The molecule has 1 fully saturated rings. The van der Waals surface area contributed by atoms with Gasteiger partial charge in [0.25, 0.3) is 0 Å². The van der Waals surface area contributed by atoms with Crippen LogP contribution < -0.4 is 10.1 Å². The maximum Gasteiger partial charge on any atom is 0.404 e. The van der Waals surface area contributed by atoms with Gasteiger partial charge in [-0.3, -0.25) is 0 Å². The SMILES string of the molecule is Cc1cc(-c2ncnc3ccc(OC4CCOCC4)n23)ccc1CNC(=O)O. The van der Waals surface area contributed by atoms with Crippen LogP contribution in [0.5, 0.6) is 5.88 Å². The van der Waals surface area contributed by atoms with Gasteiger partial charge in [0.2, 0.25) is 5.88 Å². The summed E-state index contributed by atoms with van der Waals surface area (Å²) in [5, 5.41) is 11.2. The van der Waals surface area contributed by atoms with Crippen molar-refractivity contribution in [2.75, 3.05) is 13.2 Å². The van der Waals surface area contributed by atoms with Crippen LogP contribution in [-0.2, 0) is 11.3 Å². The molecular formula is C20H22N4O4. The van der Waals surface area contributed by atoms with Gasteiger partial charge < -0.3 is 19.9 Å². The smallest absolute Gasteiger partial charge is 0.404 e. The molecule has 4 rings (SSSR count). The molecule has 0 atom stereocenters. The van der Waals surface area contributed by atoms with Gasteiger partial charge in [0.15, 0.2) is 0 Å². The van der Waals surface area contributed by atoms with Crippen molar-refractivity contribution in [1.82, 2.24) is 19.7 Å². The number of carboxylic acid groups (broad SMARTS) is 1. The summed E-state index contributed by atoms with van der Waals surface area (Å²) in [5.74, 6) is 1.45. The summed E-state index contributed by atoms with van der Waals surface area (Å²) < 4.78 is 13.5. The van der Waals surface area contributed by atoms with E-state index in [0.717, 1.165) is 41.0 Å². The topological polar surface area (TPSA) is 98.0 Å². The highest BCUT2D eigenvalue weighted by atomic mass is 16.5. The Bertz CT molecular complexity index is 995. The zero-order valence-corrected chi connectivity index (χ0v) is 15.6. The molecule has 1 aliphatic rings. The fourth-order valence-electron chi connectivity index (χ4n) is 3.39. The van der Waals surface area contributed by atoms with Crippen molar-refractivity contribution in [3.05, 3.63) is 47.8 Å². The number of aromatic nitrogens is 3. The average Bonchev–Trinajstić information content (AvgIpc) is 3.11. The van der Waals surface area contributed by atoms with E-state index < -0.39 is 6.09 Å². The normalized spacial score (nSPS) is 14.9. The van der Waals surface area contributed by atoms with Gasteiger partial charge in [-0.05, 0) is 30.2 Å². The van der Waals surface area contributed by atoms with Gasteiger partial charge in [-0.1, -0.05) is 12.1 Å². The highest BCUT2D eigenvalue weighted by Crippen LogP contribution is 2.27. The van der Waals surface area contributed by atoms with Crippen molar-refractivity contribution in [1.29, 1.82) is 0 Å². The minimum absolute atomic E-state index is 0.117. The van der Waals surface area contributed by atoms with E-state index in [1.165, 1.54) is 6.33 Å². The van der Waals surface area contributed by atoms with Crippen LogP contribution >= 0.6 is 0 Å². The molecule has 3 aromatic rings. The van der Waals surface area contributed by atoms with E-state index in [1.807, 2.05) is 41.7 Å². The molecule has 3 heterocycles. The zero-order chi connectivity index (χ0) is 19.5. The minimum atomic E-state index is -1.04. The fourth-order valence-corrected chi connectivity index (χ4v) is 3.39. The first-order chi connectivity index (χ1) is 13.6. The van der Waals surface area contributed by atoms with Crippen molar-refractivity contribution in [3.8, 4) is 17.3 Å². The largest absolute Gasteiger partial charge is 0.475 e. The molecule has 1 aromatic carbocycles. The first-order valence-electron chi connectivity index (χ1n) is 9.25. The molecule has 0 spiro atoms. The van der Waals surface area contributed by atoms with Gasteiger partial charge in [0.05, 0.1) is 13.2 Å². The zero-order valence-electron chi connectivity index (χ0n) is 15.6. The van der Waals surface area contributed by atoms with Crippen LogP contribution in [-0.4, -0.2) is 44.9 Å².